The smallest absolute Gasteiger partial charge is 0.407 e. The highest BCUT2D eigenvalue weighted by Gasteiger charge is 2.27. The Kier molecular flexibility index (Phi) is 10.5. The first kappa shape index (κ1) is 22.5. The highest BCUT2D eigenvalue weighted by molar-refractivity contribution is 5.67. The highest BCUT2D eigenvalue weighted by atomic mass is 16.5. The summed E-state index contributed by atoms with van der Waals surface area (Å²) in [7, 11) is 2.09. The molecular weight excluding hydrogens is 336 g/mol. The molecule has 4 nitrogen and oxygen atoms in total. The zero-order valence-corrected chi connectivity index (χ0v) is 18.1. The number of amides is 1. The third kappa shape index (κ3) is 9.32. The predicted octanol–water partition coefficient (Wildman–Crippen LogP) is 5.66. The van der Waals surface area contributed by atoms with Gasteiger partial charge in [0.05, 0.1) is 6.61 Å². The van der Waals surface area contributed by atoms with Crippen molar-refractivity contribution in [1.82, 2.24) is 10.6 Å². The lowest BCUT2D eigenvalue weighted by Crippen LogP contribution is -2.38. The van der Waals surface area contributed by atoms with E-state index in [9.17, 15) is 4.79 Å². The Morgan fingerprint density at radius 1 is 0.889 bits per heavy atom. The Balaban J connectivity index is 1.49. The van der Waals surface area contributed by atoms with Crippen molar-refractivity contribution in [3.8, 4) is 0 Å². The number of carbonyl (C=O) groups excluding carboxylic acids is 1. The predicted molar refractivity (Wildman–Crippen MR) is 113 cm³/mol. The molecular formula is C23H44N2O2. The standard InChI is InChI=1S/C23H44N2O2/c1-18(2)7-5-4-6-16-27-23(26)25-22-14-10-20(11-15-22)17-19-8-12-21(24-3)13-9-19/h18-22,24H,4-17H2,1-3H3,(H,25,26). The molecule has 0 saturated heterocycles. The normalized spacial score (nSPS) is 28.9. The van der Waals surface area contributed by atoms with E-state index in [-0.39, 0.29) is 6.09 Å². The molecule has 2 rings (SSSR count). The van der Waals surface area contributed by atoms with E-state index in [0.29, 0.717) is 12.6 Å². The van der Waals surface area contributed by atoms with Gasteiger partial charge in [0.15, 0.2) is 0 Å². The van der Waals surface area contributed by atoms with Crippen LogP contribution in [0.5, 0.6) is 0 Å². The van der Waals surface area contributed by atoms with Crippen molar-refractivity contribution in [2.75, 3.05) is 13.7 Å². The summed E-state index contributed by atoms with van der Waals surface area (Å²) in [5.74, 6) is 2.58. The van der Waals surface area contributed by atoms with Gasteiger partial charge in [0, 0.05) is 12.1 Å². The first-order chi connectivity index (χ1) is 13.1. The average molecular weight is 381 g/mol. The van der Waals surface area contributed by atoms with E-state index in [4.69, 9.17) is 4.74 Å². The zero-order chi connectivity index (χ0) is 19.5. The molecule has 2 aliphatic carbocycles. The molecule has 0 bridgehead atoms. The molecule has 0 atom stereocenters. The summed E-state index contributed by atoms with van der Waals surface area (Å²) in [5, 5.41) is 6.52. The number of hydrogen-bond donors (Lipinski definition) is 2. The van der Waals surface area contributed by atoms with Crippen molar-refractivity contribution < 1.29 is 9.53 Å². The Hall–Kier alpha value is -0.770. The Labute approximate surface area is 167 Å². The molecule has 0 aliphatic heterocycles. The summed E-state index contributed by atoms with van der Waals surface area (Å²) in [6.07, 6.45) is 16.1. The fraction of sp³-hybridized carbons (Fsp3) is 0.957. The quantitative estimate of drug-likeness (QED) is 0.481. The third-order valence-electron chi connectivity index (χ3n) is 6.75. The maximum absolute atomic E-state index is 12.0. The molecule has 0 spiro atoms. The highest BCUT2D eigenvalue weighted by Crippen LogP contribution is 2.35. The van der Waals surface area contributed by atoms with E-state index in [2.05, 4.69) is 31.5 Å². The molecule has 1 amide bonds. The second-order valence-corrected chi connectivity index (χ2v) is 9.48. The van der Waals surface area contributed by atoms with Gasteiger partial charge >= 0.3 is 6.09 Å². The molecule has 0 aromatic carbocycles. The summed E-state index contributed by atoms with van der Waals surface area (Å²) in [6, 6.07) is 1.08. The number of unbranched alkanes of at least 4 members (excludes halogenated alkanes) is 2. The monoisotopic (exact) mass is 380 g/mol. The second-order valence-electron chi connectivity index (χ2n) is 9.48. The Morgan fingerprint density at radius 3 is 2.04 bits per heavy atom. The van der Waals surface area contributed by atoms with Gasteiger partial charge in [0.25, 0.3) is 0 Å². The molecule has 158 valence electrons. The SMILES string of the molecule is CNC1CCC(CC2CCC(NC(=O)OCCCCCC(C)C)CC2)CC1. The number of carbonyl (C=O) groups is 1. The molecule has 4 heteroatoms. The Morgan fingerprint density at radius 2 is 1.48 bits per heavy atom. The van der Waals surface area contributed by atoms with Crippen LogP contribution in [-0.2, 0) is 4.74 Å². The molecule has 2 saturated carbocycles. The van der Waals surface area contributed by atoms with E-state index < -0.39 is 0 Å². The van der Waals surface area contributed by atoms with Crippen LogP contribution in [0, 0.1) is 17.8 Å². The molecule has 0 radical (unpaired) electrons. The van der Waals surface area contributed by atoms with Crippen LogP contribution in [0.4, 0.5) is 4.79 Å². The minimum Gasteiger partial charge on any atom is -0.450 e. The van der Waals surface area contributed by atoms with Gasteiger partial charge in [-0.05, 0) is 89.0 Å². The molecule has 2 fully saturated rings. The second kappa shape index (κ2) is 12.6. The lowest BCUT2D eigenvalue weighted by Gasteiger charge is -2.34. The van der Waals surface area contributed by atoms with Crippen molar-refractivity contribution in [3.63, 3.8) is 0 Å². The molecule has 2 N–H and O–H groups in total. The first-order valence-corrected chi connectivity index (χ1v) is 11.7. The number of ether oxygens (including phenoxy) is 1. The van der Waals surface area contributed by atoms with Gasteiger partial charge in [-0.15, -0.1) is 0 Å². The molecule has 0 aromatic heterocycles. The lowest BCUT2D eigenvalue weighted by atomic mass is 9.76. The van der Waals surface area contributed by atoms with Crippen LogP contribution in [0.3, 0.4) is 0 Å². The third-order valence-corrected chi connectivity index (χ3v) is 6.75. The van der Waals surface area contributed by atoms with Crippen LogP contribution >= 0.6 is 0 Å². The minimum absolute atomic E-state index is 0.201. The first-order valence-electron chi connectivity index (χ1n) is 11.7. The molecule has 2 aliphatic rings. The number of alkyl carbamates (subject to hydrolysis) is 1. The summed E-state index contributed by atoms with van der Waals surface area (Å²) >= 11 is 0. The van der Waals surface area contributed by atoms with Crippen LogP contribution < -0.4 is 10.6 Å². The summed E-state index contributed by atoms with van der Waals surface area (Å²) < 4.78 is 5.36. The van der Waals surface area contributed by atoms with Gasteiger partial charge < -0.3 is 15.4 Å². The molecule has 27 heavy (non-hydrogen) atoms. The van der Waals surface area contributed by atoms with Crippen LogP contribution in [0.1, 0.15) is 97.3 Å². The van der Waals surface area contributed by atoms with Crippen LogP contribution in [0.15, 0.2) is 0 Å². The van der Waals surface area contributed by atoms with Gasteiger partial charge in [-0.2, -0.15) is 0 Å². The van der Waals surface area contributed by atoms with Crippen molar-refractivity contribution in [3.05, 3.63) is 0 Å². The molecule has 0 heterocycles. The summed E-state index contributed by atoms with van der Waals surface area (Å²) in [5.41, 5.74) is 0. The van der Waals surface area contributed by atoms with Gasteiger partial charge in [0.2, 0.25) is 0 Å². The lowest BCUT2D eigenvalue weighted by molar-refractivity contribution is 0.133. The van der Waals surface area contributed by atoms with Crippen LogP contribution in [0.25, 0.3) is 0 Å². The van der Waals surface area contributed by atoms with Crippen molar-refractivity contribution >= 4 is 6.09 Å². The number of nitrogens with one attached hydrogen (secondary N) is 2. The van der Waals surface area contributed by atoms with Gasteiger partial charge in [0.1, 0.15) is 0 Å². The van der Waals surface area contributed by atoms with E-state index in [1.165, 1.54) is 57.8 Å². The van der Waals surface area contributed by atoms with E-state index in [1.807, 2.05) is 0 Å². The summed E-state index contributed by atoms with van der Waals surface area (Å²) in [4.78, 5) is 12.0. The van der Waals surface area contributed by atoms with Crippen molar-refractivity contribution in [2.45, 2.75) is 109 Å². The topological polar surface area (TPSA) is 50.4 Å². The maximum Gasteiger partial charge on any atom is 0.407 e. The molecule has 0 aromatic rings. The largest absolute Gasteiger partial charge is 0.450 e. The fourth-order valence-corrected chi connectivity index (χ4v) is 4.91. The van der Waals surface area contributed by atoms with Gasteiger partial charge in [-0.25, -0.2) is 4.79 Å². The molecule has 0 unspecified atom stereocenters. The Bertz CT molecular complexity index is 397. The fourth-order valence-electron chi connectivity index (χ4n) is 4.91. The van der Waals surface area contributed by atoms with Gasteiger partial charge in [-0.3, -0.25) is 0 Å². The van der Waals surface area contributed by atoms with Crippen LogP contribution in [-0.4, -0.2) is 31.8 Å². The van der Waals surface area contributed by atoms with E-state index >= 15 is 0 Å². The maximum atomic E-state index is 12.0. The average Bonchev–Trinajstić information content (AvgIpc) is 2.66. The number of hydrogen-bond acceptors (Lipinski definition) is 3. The van der Waals surface area contributed by atoms with E-state index in [1.54, 1.807) is 0 Å². The summed E-state index contributed by atoms with van der Waals surface area (Å²) in [6.45, 7) is 5.08. The van der Waals surface area contributed by atoms with E-state index in [0.717, 1.165) is 49.5 Å². The number of rotatable bonds is 10. The van der Waals surface area contributed by atoms with Crippen molar-refractivity contribution in [2.24, 2.45) is 17.8 Å². The zero-order valence-electron chi connectivity index (χ0n) is 18.1. The van der Waals surface area contributed by atoms with Crippen molar-refractivity contribution in [1.29, 1.82) is 0 Å². The van der Waals surface area contributed by atoms with Gasteiger partial charge in [-0.1, -0.05) is 33.1 Å². The minimum atomic E-state index is -0.201. The van der Waals surface area contributed by atoms with Crippen LogP contribution in [0.2, 0.25) is 0 Å².